The molecule has 0 spiro atoms. The highest BCUT2D eigenvalue weighted by molar-refractivity contribution is 5.93. The zero-order valence-corrected chi connectivity index (χ0v) is 13.6. The number of rotatable bonds is 5. The normalized spacial score (nSPS) is 11.3. The van der Waals surface area contributed by atoms with Crippen molar-refractivity contribution >= 4 is 10.8 Å². The van der Waals surface area contributed by atoms with Crippen LogP contribution < -0.4 is 5.56 Å². The summed E-state index contributed by atoms with van der Waals surface area (Å²) in [6, 6.07) is 17.7. The lowest BCUT2D eigenvalue weighted by Gasteiger charge is -2.13. The number of fused-ring (bicyclic) bond motifs is 1. The van der Waals surface area contributed by atoms with Crippen LogP contribution >= 0.6 is 0 Å². The Balaban J connectivity index is 2.11. The molecule has 23 heavy (non-hydrogen) atoms. The second kappa shape index (κ2) is 6.75. The van der Waals surface area contributed by atoms with Crippen LogP contribution in [-0.2, 0) is 6.54 Å². The molecule has 3 aromatic rings. The minimum Gasteiger partial charge on any atom is -0.309 e. The number of nitrogens with zero attached hydrogens (tertiary/aromatic N) is 3. The van der Waals surface area contributed by atoms with E-state index in [0.29, 0.717) is 6.54 Å². The van der Waals surface area contributed by atoms with Gasteiger partial charge >= 0.3 is 0 Å². The molecule has 0 saturated heterocycles. The van der Waals surface area contributed by atoms with Gasteiger partial charge in [-0.3, -0.25) is 4.79 Å². The SMILES string of the molecule is CN(C)CCCn1nc(-c2ccccc2)c2ccccc2c1=O. The van der Waals surface area contributed by atoms with E-state index < -0.39 is 0 Å². The Bertz CT molecular complexity index is 853. The Kier molecular flexibility index (Phi) is 4.53. The van der Waals surface area contributed by atoms with Crippen molar-refractivity contribution in [2.75, 3.05) is 20.6 Å². The fourth-order valence-electron chi connectivity index (χ4n) is 2.73. The van der Waals surface area contributed by atoms with Crippen molar-refractivity contribution in [3.63, 3.8) is 0 Å². The molecular formula is C19H21N3O. The molecule has 118 valence electrons. The average molecular weight is 307 g/mol. The second-order valence-electron chi connectivity index (χ2n) is 5.95. The minimum absolute atomic E-state index is 0.0148. The second-order valence-corrected chi connectivity index (χ2v) is 5.95. The molecule has 0 amide bonds. The predicted molar refractivity (Wildman–Crippen MR) is 94.6 cm³/mol. The van der Waals surface area contributed by atoms with Crippen LogP contribution in [0.5, 0.6) is 0 Å². The summed E-state index contributed by atoms with van der Waals surface area (Å²) in [7, 11) is 4.07. The van der Waals surface area contributed by atoms with Gasteiger partial charge in [0, 0.05) is 17.5 Å². The molecular weight excluding hydrogens is 286 g/mol. The molecule has 0 aliphatic rings. The van der Waals surface area contributed by atoms with E-state index >= 15 is 0 Å². The van der Waals surface area contributed by atoms with Gasteiger partial charge in [-0.1, -0.05) is 48.5 Å². The topological polar surface area (TPSA) is 38.1 Å². The van der Waals surface area contributed by atoms with E-state index in [9.17, 15) is 4.79 Å². The third-order valence-corrected chi connectivity index (χ3v) is 3.89. The van der Waals surface area contributed by atoms with E-state index in [-0.39, 0.29) is 5.56 Å². The first-order chi connectivity index (χ1) is 11.2. The lowest BCUT2D eigenvalue weighted by molar-refractivity contribution is 0.378. The van der Waals surface area contributed by atoms with Gasteiger partial charge < -0.3 is 4.90 Å². The van der Waals surface area contributed by atoms with Gasteiger partial charge in [0.25, 0.3) is 5.56 Å². The summed E-state index contributed by atoms with van der Waals surface area (Å²) in [6.07, 6.45) is 0.895. The summed E-state index contributed by atoms with van der Waals surface area (Å²) in [5.41, 5.74) is 1.88. The van der Waals surface area contributed by atoms with Crippen molar-refractivity contribution in [2.45, 2.75) is 13.0 Å². The third-order valence-electron chi connectivity index (χ3n) is 3.89. The average Bonchev–Trinajstić information content (AvgIpc) is 2.57. The maximum Gasteiger partial charge on any atom is 0.274 e. The highest BCUT2D eigenvalue weighted by Crippen LogP contribution is 2.24. The monoisotopic (exact) mass is 307 g/mol. The Morgan fingerprint density at radius 1 is 0.957 bits per heavy atom. The van der Waals surface area contributed by atoms with Crippen LogP contribution in [0.25, 0.3) is 22.0 Å². The molecule has 4 heteroatoms. The molecule has 1 heterocycles. The maximum atomic E-state index is 12.7. The van der Waals surface area contributed by atoms with Crippen LogP contribution in [0.1, 0.15) is 6.42 Å². The maximum absolute atomic E-state index is 12.7. The van der Waals surface area contributed by atoms with Crippen molar-refractivity contribution < 1.29 is 0 Å². The van der Waals surface area contributed by atoms with E-state index in [4.69, 9.17) is 0 Å². The first-order valence-corrected chi connectivity index (χ1v) is 7.87. The third kappa shape index (κ3) is 3.32. The number of hydrogen-bond acceptors (Lipinski definition) is 3. The van der Waals surface area contributed by atoms with Crippen LogP contribution in [0.3, 0.4) is 0 Å². The van der Waals surface area contributed by atoms with Gasteiger partial charge in [0.05, 0.1) is 11.1 Å². The molecule has 0 saturated carbocycles. The van der Waals surface area contributed by atoms with Crippen molar-refractivity contribution in [1.82, 2.24) is 14.7 Å². The van der Waals surface area contributed by atoms with Crippen LogP contribution in [0.4, 0.5) is 0 Å². The summed E-state index contributed by atoms with van der Waals surface area (Å²) in [5.74, 6) is 0. The summed E-state index contributed by atoms with van der Waals surface area (Å²) >= 11 is 0. The van der Waals surface area contributed by atoms with Gasteiger partial charge in [0.2, 0.25) is 0 Å². The van der Waals surface area contributed by atoms with Crippen LogP contribution in [0.2, 0.25) is 0 Å². The van der Waals surface area contributed by atoms with E-state index in [1.807, 2.05) is 68.7 Å². The molecule has 0 N–H and O–H groups in total. The lowest BCUT2D eigenvalue weighted by atomic mass is 10.1. The van der Waals surface area contributed by atoms with Crippen LogP contribution in [0.15, 0.2) is 59.4 Å². The number of aryl methyl sites for hydroxylation is 1. The molecule has 0 atom stereocenters. The van der Waals surface area contributed by atoms with Crippen molar-refractivity contribution in [3.05, 3.63) is 65.0 Å². The van der Waals surface area contributed by atoms with Crippen LogP contribution in [-0.4, -0.2) is 35.3 Å². The van der Waals surface area contributed by atoms with E-state index in [0.717, 1.165) is 35.0 Å². The van der Waals surface area contributed by atoms with Gasteiger partial charge in [-0.15, -0.1) is 0 Å². The molecule has 0 radical (unpaired) electrons. The molecule has 4 nitrogen and oxygen atoms in total. The summed E-state index contributed by atoms with van der Waals surface area (Å²) in [4.78, 5) is 14.8. The van der Waals surface area contributed by atoms with Gasteiger partial charge in [-0.05, 0) is 33.1 Å². The largest absolute Gasteiger partial charge is 0.309 e. The first-order valence-electron chi connectivity index (χ1n) is 7.87. The Labute approximate surface area is 136 Å². The summed E-state index contributed by atoms with van der Waals surface area (Å²) < 4.78 is 1.61. The molecule has 0 unspecified atom stereocenters. The molecule has 0 aliphatic heterocycles. The fraction of sp³-hybridized carbons (Fsp3) is 0.263. The van der Waals surface area contributed by atoms with E-state index in [2.05, 4.69) is 10.00 Å². The molecule has 0 aliphatic carbocycles. The fourth-order valence-corrected chi connectivity index (χ4v) is 2.73. The highest BCUT2D eigenvalue weighted by Gasteiger charge is 2.11. The smallest absolute Gasteiger partial charge is 0.274 e. The molecule has 1 aromatic heterocycles. The Hall–Kier alpha value is -2.46. The zero-order valence-electron chi connectivity index (χ0n) is 13.6. The first kappa shape index (κ1) is 15.4. The van der Waals surface area contributed by atoms with Gasteiger partial charge in [0.15, 0.2) is 0 Å². The van der Waals surface area contributed by atoms with Crippen molar-refractivity contribution in [2.24, 2.45) is 0 Å². The van der Waals surface area contributed by atoms with Crippen molar-refractivity contribution in [3.8, 4) is 11.3 Å². The van der Waals surface area contributed by atoms with Crippen LogP contribution in [0, 0.1) is 0 Å². The highest BCUT2D eigenvalue weighted by atomic mass is 16.1. The quantitative estimate of drug-likeness (QED) is 0.727. The lowest BCUT2D eigenvalue weighted by Crippen LogP contribution is -2.26. The predicted octanol–water partition coefficient (Wildman–Crippen LogP) is 3.02. The molecule has 2 aromatic carbocycles. The molecule has 3 rings (SSSR count). The Morgan fingerprint density at radius 3 is 2.30 bits per heavy atom. The van der Waals surface area contributed by atoms with Gasteiger partial charge in [-0.2, -0.15) is 5.10 Å². The molecule has 0 fully saturated rings. The van der Waals surface area contributed by atoms with E-state index in [1.54, 1.807) is 4.68 Å². The van der Waals surface area contributed by atoms with Gasteiger partial charge in [0.1, 0.15) is 0 Å². The zero-order chi connectivity index (χ0) is 16.2. The van der Waals surface area contributed by atoms with E-state index in [1.165, 1.54) is 0 Å². The minimum atomic E-state index is -0.0148. The van der Waals surface area contributed by atoms with Gasteiger partial charge in [-0.25, -0.2) is 4.68 Å². The molecule has 0 bridgehead atoms. The number of benzene rings is 2. The summed E-state index contributed by atoms with van der Waals surface area (Å²) in [5, 5.41) is 6.29. The summed E-state index contributed by atoms with van der Waals surface area (Å²) in [6.45, 7) is 1.56. The van der Waals surface area contributed by atoms with Crippen molar-refractivity contribution in [1.29, 1.82) is 0 Å². The number of hydrogen-bond donors (Lipinski definition) is 0. The number of aromatic nitrogens is 2. The Morgan fingerprint density at radius 2 is 1.61 bits per heavy atom. The standard InChI is InChI=1S/C19H21N3O/c1-21(2)13-8-14-22-19(23)17-12-7-6-11-16(17)18(20-22)15-9-4-3-5-10-15/h3-7,9-12H,8,13-14H2,1-2H3.